The van der Waals surface area contributed by atoms with E-state index in [1.807, 2.05) is 6.92 Å². The maximum absolute atomic E-state index is 14.2. The molecule has 71 heavy (non-hydrogen) atoms. The van der Waals surface area contributed by atoms with Gasteiger partial charge < -0.3 is 63.0 Å². The lowest BCUT2D eigenvalue weighted by atomic mass is 9.72. The Labute approximate surface area is 414 Å². The van der Waals surface area contributed by atoms with Gasteiger partial charge in [0, 0.05) is 94.2 Å². The van der Waals surface area contributed by atoms with E-state index in [0.29, 0.717) is 18.2 Å². The number of benzene rings is 2. The number of hydrogen-bond acceptors (Lipinski definition) is 22. The summed E-state index contributed by atoms with van der Waals surface area (Å²) in [6.45, 7) is 3.51. The molecule has 3 N–H and O–H groups in total. The van der Waals surface area contributed by atoms with Crippen molar-refractivity contribution in [1.82, 2.24) is 19.7 Å². The monoisotopic (exact) mass is 1030 g/mol. The summed E-state index contributed by atoms with van der Waals surface area (Å²) in [5.74, 6) is -4.02. The second-order valence-corrected chi connectivity index (χ2v) is 20.4. The van der Waals surface area contributed by atoms with Crippen molar-refractivity contribution >= 4 is 56.8 Å². The second-order valence-electron chi connectivity index (χ2n) is 17.7. The van der Waals surface area contributed by atoms with Crippen LogP contribution in [0, 0.1) is 10.1 Å². The molecule has 382 valence electrons. The summed E-state index contributed by atoms with van der Waals surface area (Å²) in [7, 11) is 8.29. The van der Waals surface area contributed by atoms with Gasteiger partial charge in [0.05, 0.1) is 47.5 Å². The summed E-state index contributed by atoms with van der Waals surface area (Å²) in [6, 6.07) is 6.95. The topological polar surface area (TPSA) is 286 Å². The van der Waals surface area contributed by atoms with Crippen LogP contribution in [0.1, 0.15) is 75.8 Å². The molecule has 23 nitrogen and oxygen atoms in total. The number of aromatic hydroxyl groups is 2. The predicted octanol–water partition coefficient (Wildman–Crippen LogP) is 3.99. The Morgan fingerprint density at radius 2 is 1.73 bits per heavy atom. The van der Waals surface area contributed by atoms with Crippen LogP contribution in [-0.2, 0) is 44.4 Å². The van der Waals surface area contributed by atoms with E-state index in [9.17, 15) is 49.4 Å². The standard InChI is InChI=1S/C46H53N5O18S2/c1-22(70-71-31-11-10-24(19-47-31)51(60)61)20-65-44(57)48(3)12-13-49(4)45(58)66-21-30(52)46(59)17-26-34(40(56)36-35(38(26)54)37(53)25-8-7-9-28(62-5)33(25)39(36)55)29(18-46)68-32-16-27-41(23(2)67-32)69-42-43(63-6)64-15-14-50(27)42/h7-11,19,22-23,27,29,32,41-43,54,56,59H,12-18,20-21H2,1-6H3/t22?,23-,27-,29-,32-,41+,42+,43-,46-/m0/s1. The van der Waals surface area contributed by atoms with E-state index in [1.54, 1.807) is 6.92 Å². The van der Waals surface area contributed by atoms with Gasteiger partial charge in [-0.05, 0) is 36.8 Å². The van der Waals surface area contributed by atoms with E-state index >= 15 is 0 Å². The van der Waals surface area contributed by atoms with E-state index in [0.717, 1.165) is 11.1 Å². The van der Waals surface area contributed by atoms with Crippen LogP contribution in [0.5, 0.6) is 17.2 Å². The lowest BCUT2D eigenvalue weighted by Gasteiger charge is -2.43. The number of morpholine rings is 1. The van der Waals surface area contributed by atoms with Crippen LogP contribution in [0.15, 0.2) is 41.6 Å². The SMILES string of the molecule is COc1cccc2c1C(=O)c1c(O)c3c(c(O)c1C2=O)C[C@@](O)(C(=O)COC(=O)N(C)CCN(C)C(=O)OCC(C)SSc1ccc([N+](=O)[O-])cn1)C[C@@H]3O[C@H]1C[C@H]2[C@H](O[C@@H]3[C@@H](OC)OCCN32)[C@H](C)O1. The number of aliphatic hydroxyl groups is 1. The van der Waals surface area contributed by atoms with E-state index in [2.05, 4.69) is 9.88 Å². The van der Waals surface area contributed by atoms with Crippen molar-refractivity contribution in [1.29, 1.82) is 0 Å². The first-order chi connectivity index (χ1) is 33.8. The summed E-state index contributed by atoms with van der Waals surface area (Å²) in [4.78, 5) is 87.2. The molecule has 0 spiro atoms. The molecular formula is C46H53N5O18S2. The van der Waals surface area contributed by atoms with Crippen LogP contribution >= 0.6 is 21.6 Å². The quantitative estimate of drug-likeness (QED) is 0.0619. The normalized spacial score (nSPS) is 25.9. The minimum atomic E-state index is -2.44. The van der Waals surface area contributed by atoms with Gasteiger partial charge in [0.25, 0.3) is 5.69 Å². The van der Waals surface area contributed by atoms with Crippen LogP contribution in [-0.4, -0.2) is 185 Å². The van der Waals surface area contributed by atoms with Crippen LogP contribution in [0.25, 0.3) is 0 Å². The number of carbonyl (C=O) groups is 5. The first-order valence-corrected chi connectivity index (χ1v) is 24.8. The predicted molar refractivity (Wildman–Crippen MR) is 248 cm³/mol. The van der Waals surface area contributed by atoms with Gasteiger partial charge in [0.2, 0.25) is 11.6 Å². The fourth-order valence-corrected chi connectivity index (χ4v) is 11.2. The number of pyridine rings is 1. The number of phenols is 2. The number of Topliss-reactive ketones (excluding diaryl/α,β-unsaturated/α-hetero) is 1. The molecule has 0 bridgehead atoms. The fourth-order valence-electron chi connectivity index (χ4n) is 9.38. The van der Waals surface area contributed by atoms with Gasteiger partial charge in [0.15, 0.2) is 31.2 Å². The first-order valence-electron chi connectivity index (χ1n) is 22.5. The number of amides is 2. The van der Waals surface area contributed by atoms with Crippen molar-refractivity contribution in [3.8, 4) is 17.2 Å². The van der Waals surface area contributed by atoms with E-state index in [-0.39, 0.29) is 71.1 Å². The molecule has 2 aromatic carbocycles. The third-order valence-corrected chi connectivity index (χ3v) is 15.9. The van der Waals surface area contributed by atoms with E-state index < -0.39 is 119 Å². The summed E-state index contributed by atoms with van der Waals surface area (Å²) in [5, 5.41) is 47.6. The number of phenolic OH excluding ortho intramolecular Hbond substituents is 2. The number of nitrogens with zero attached hydrogens (tertiary/aromatic N) is 5. The molecule has 2 amide bonds. The minimum Gasteiger partial charge on any atom is -0.507 e. The molecule has 1 unspecified atom stereocenters. The molecule has 1 aromatic heterocycles. The summed E-state index contributed by atoms with van der Waals surface area (Å²) in [5.41, 5.74) is -4.21. The van der Waals surface area contributed by atoms with Gasteiger partial charge in [-0.15, -0.1) is 0 Å². The Bertz CT molecular complexity index is 2590. The number of carbonyl (C=O) groups excluding carboxylic acids is 5. The first kappa shape index (κ1) is 51.7. The molecule has 25 heteroatoms. The minimum absolute atomic E-state index is 0.00141. The van der Waals surface area contributed by atoms with Crippen LogP contribution < -0.4 is 4.74 Å². The lowest BCUT2D eigenvalue weighted by Crippen LogP contribution is -2.55. The number of methoxy groups -OCH3 is 2. The van der Waals surface area contributed by atoms with Gasteiger partial charge in [-0.2, -0.15) is 0 Å². The van der Waals surface area contributed by atoms with Crippen molar-refractivity contribution in [3.63, 3.8) is 0 Å². The molecule has 3 aliphatic heterocycles. The number of fused-ring (bicyclic) bond motifs is 6. The Kier molecular flexibility index (Phi) is 15.4. The number of aromatic nitrogens is 1. The highest BCUT2D eigenvalue weighted by Crippen LogP contribution is 2.53. The average Bonchev–Trinajstić information content (AvgIpc) is 3.75. The Hall–Kier alpha value is -5.64. The maximum atomic E-state index is 14.2. The van der Waals surface area contributed by atoms with Crippen molar-refractivity contribution in [3.05, 3.63) is 80.0 Å². The van der Waals surface area contributed by atoms with Gasteiger partial charge in [-0.1, -0.05) is 22.9 Å². The number of likely N-dealkylation sites (N-methyl/N-ethyl adjacent to an activating group) is 2. The Morgan fingerprint density at radius 3 is 2.41 bits per heavy atom. The van der Waals surface area contributed by atoms with Gasteiger partial charge >= 0.3 is 12.2 Å². The zero-order valence-electron chi connectivity index (χ0n) is 39.5. The molecule has 3 fully saturated rings. The van der Waals surface area contributed by atoms with Crippen LogP contribution in [0.2, 0.25) is 0 Å². The van der Waals surface area contributed by atoms with Gasteiger partial charge in [0.1, 0.15) is 46.8 Å². The molecule has 8 rings (SSSR count). The largest absolute Gasteiger partial charge is 0.507 e. The third-order valence-electron chi connectivity index (χ3n) is 13.1. The molecule has 3 saturated heterocycles. The van der Waals surface area contributed by atoms with E-state index in [4.69, 9.17) is 37.9 Å². The fraction of sp³-hybridized carbons (Fsp3) is 0.522. The van der Waals surface area contributed by atoms with Crippen molar-refractivity contribution in [2.75, 3.05) is 67.8 Å². The molecule has 3 aromatic rings. The Morgan fingerprint density at radius 1 is 1.01 bits per heavy atom. The molecule has 0 radical (unpaired) electrons. The number of nitro groups is 1. The second kappa shape index (κ2) is 21.2. The Balaban J connectivity index is 0.947. The van der Waals surface area contributed by atoms with Gasteiger partial charge in [-0.3, -0.25) is 29.4 Å². The summed E-state index contributed by atoms with van der Waals surface area (Å²) >= 11 is 0. The van der Waals surface area contributed by atoms with Gasteiger partial charge in [-0.25, -0.2) is 14.6 Å². The highest BCUT2D eigenvalue weighted by Gasteiger charge is 2.55. The van der Waals surface area contributed by atoms with Crippen molar-refractivity contribution in [2.45, 2.75) is 92.1 Å². The average molecular weight is 1030 g/mol. The number of ether oxygens (including phenoxy) is 8. The summed E-state index contributed by atoms with van der Waals surface area (Å²) in [6.07, 6.45) is -6.21. The molecular weight excluding hydrogens is 975 g/mol. The molecule has 4 heterocycles. The van der Waals surface area contributed by atoms with Crippen molar-refractivity contribution < 1.29 is 82.1 Å². The maximum Gasteiger partial charge on any atom is 0.409 e. The summed E-state index contributed by atoms with van der Waals surface area (Å²) < 4.78 is 46.6. The highest BCUT2D eigenvalue weighted by molar-refractivity contribution is 8.76. The van der Waals surface area contributed by atoms with Crippen LogP contribution in [0.3, 0.4) is 0 Å². The van der Waals surface area contributed by atoms with E-state index in [1.165, 1.54) is 85.1 Å². The molecule has 2 aliphatic carbocycles. The number of rotatable bonds is 16. The zero-order valence-corrected chi connectivity index (χ0v) is 41.1. The highest BCUT2D eigenvalue weighted by atomic mass is 33.1. The third kappa shape index (κ3) is 10.2. The van der Waals surface area contributed by atoms with Crippen LogP contribution in [0.4, 0.5) is 15.3 Å². The molecule has 5 aliphatic rings. The smallest absolute Gasteiger partial charge is 0.409 e. The zero-order chi connectivity index (χ0) is 51.1. The lowest BCUT2D eigenvalue weighted by molar-refractivity contribution is -0.385. The molecule has 9 atom stereocenters. The van der Waals surface area contributed by atoms with Crippen molar-refractivity contribution in [2.24, 2.45) is 0 Å². The number of ketones is 3. The number of hydrogen-bond donors (Lipinski definition) is 3. The molecule has 0 saturated carbocycles.